The Hall–Kier alpha value is -3.10. The van der Waals surface area contributed by atoms with E-state index in [4.69, 9.17) is 9.47 Å². The molecule has 0 spiro atoms. The van der Waals surface area contributed by atoms with Crippen LogP contribution in [0.5, 0.6) is 0 Å². The monoisotopic (exact) mass is 592 g/mol. The first kappa shape index (κ1) is 32.8. The Labute approximate surface area is 258 Å². The number of nitrogens with zero attached hydrogens (tertiary/aromatic N) is 2. The number of hydrogen-bond donors (Lipinski definition) is 2. The Morgan fingerprint density at radius 1 is 1.00 bits per heavy atom. The molecular weight excluding hydrogens is 540 g/mol. The summed E-state index contributed by atoms with van der Waals surface area (Å²) in [6.07, 6.45) is 3.63. The molecule has 8 heteroatoms. The molecule has 8 nitrogen and oxygen atoms in total. The Balaban J connectivity index is 1.19. The van der Waals surface area contributed by atoms with Crippen LogP contribution in [0.1, 0.15) is 77.0 Å². The number of rotatable bonds is 11. The largest absolute Gasteiger partial charge is 0.444 e. The van der Waals surface area contributed by atoms with Gasteiger partial charge in [-0.05, 0) is 108 Å². The summed E-state index contributed by atoms with van der Waals surface area (Å²) >= 11 is 0. The van der Waals surface area contributed by atoms with E-state index in [2.05, 4.69) is 71.8 Å². The standard InChI is InChI=1S/C35H52N4O4/c1-7-42-24-27-9-8-10-32(20-27)37-30-14-11-28(12-15-30)33(40)21-36-31-16-13-29(25(2)19-31)23-38-17-18-39(26(3)22-38)34(41)43-35(4,5)6/h8-10,13,16,19-20,26,28,30,36-37H,7,11-12,14-15,17-18,21-24H2,1-6H3/t26-,28?,30?/m0/s1. The molecule has 4 rings (SSSR count). The van der Waals surface area contributed by atoms with E-state index < -0.39 is 5.60 Å². The highest BCUT2D eigenvalue weighted by molar-refractivity contribution is 5.85. The fourth-order valence-electron chi connectivity index (χ4n) is 6.09. The Kier molecular flexibility index (Phi) is 11.5. The van der Waals surface area contributed by atoms with Crippen molar-refractivity contribution in [1.29, 1.82) is 0 Å². The van der Waals surface area contributed by atoms with Gasteiger partial charge in [0.25, 0.3) is 0 Å². The number of hydrogen-bond acceptors (Lipinski definition) is 7. The summed E-state index contributed by atoms with van der Waals surface area (Å²) < 4.78 is 11.1. The first-order chi connectivity index (χ1) is 20.5. The van der Waals surface area contributed by atoms with Crippen LogP contribution in [0.4, 0.5) is 16.2 Å². The lowest BCUT2D eigenvalue weighted by Crippen LogP contribution is -2.54. The molecular formula is C35H52N4O4. The summed E-state index contributed by atoms with van der Waals surface area (Å²) in [6.45, 7) is 16.8. The van der Waals surface area contributed by atoms with Crippen LogP contribution in [-0.4, -0.2) is 72.1 Å². The number of ketones is 1. The van der Waals surface area contributed by atoms with Gasteiger partial charge in [-0.25, -0.2) is 4.79 Å². The second-order valence-electron chi connectivity index (χ2n) is 13.2. The van der Waals surface area contributed by atoms with E-state index >= 15 is 0 Å². The van der Waals surface area contributed by atoms with Gasteiger partial charge in [0.15, 0.2) is 5.78 Å². The number of benzene rings is 2. The minimum Gasteiger partial charge on any atom is -0.444 e. The zero-order valence-electron chi connectivity index (χ0n) is 27.1. The molecule has 2 aromatic carbocycles. The Morgan fingerprint density at radius 2 is 1.77 bits per heavy atom. The third-order valence-corrected chi connectivity index (χ3v) is 8.50. The highest BCUT2D eigenvalue weighted by atomic mass is 16.6. The van der Waals surface area contributed by atoms with E-state index in [1.54, 1.807) is 0 Å². The molecule has 1 atom stereocenters. The first-order valence-corrected chi connectivity index (χ1v) is 16.0. The normalized spacial score (nSPS) is 21.3. The molecule has 0 unspecified atom stereocenters. The van der Waals surface area contributed by atoms with Crippen LogP contribution < -0.4 is 10.6 Å². The van der Waals surface area contributed by atoms with Gasteiger partial charge < -0.3 is 25.0 Å². The summed E-state index contributed by atoms with van der Waals surface area (Å²) in [4.78, 5) is 29.8. The van der Waals surface area contributed by atoms with Crippen LogP contribution >= 0.6 is 0 Å². The zero-order chi connectivity index (χ0) is 31.0. The van der Waals surface area contributed by atoms with Gasteiger partial charge in [0.2, 0.25) is 0 Å². The van der Waals surface area contributed by atoms with Crippen molar-refractivity contribution in [3.63, 3.8) is 0 Å². The summed E-state index contributed by atoms with van der Waals surface area (Å²) in [7, 11) is 0. The maximum atomic E-state index is 13.0. The molecule has 1 aliphatic carbocycles. The van der Waals surface area contributed by atoms with Crippen molar-refractivity contribution < 1.29 is 19.1 Å². The number of amides is 1. The van der Waals surface area contributed by atoms with Crippen LogP contribution in [-0.2, 0) is 27.4 Å². The molecule has 1 amide bonds. The molecule has 0 bridgehead atoms. The number of carbonyl (C=O) groups excluding carboxylic acids is 2. The molecule has 0 radical (unpaired) electrons. The topological polar surface area (TPSA) is 83.1 Å². The van der Waals surface area contributed by atoms with Gasteiger partial charge >= 0.3 is 6.09 Å². The second kappa shape index (κ2) is 15.1. The number of nitrogens with one attached hydrogen (secondary N) is 2. The van der Waals surface area contributed by atoms with E-state index in [1.807, 2.05) is 32.6 Å². The van der Waals surface area contributed by atoms with Crippen LogP contribution in [0.2, 0.25) is 0 Å². The van der Waals surface area contributed by atoms with E-state index in [1.165, 1.54) is 16.7 Å². The Morgan fingerprint density at radius 3 is 2.44 bits per heavy atom. The Bertz CT molecular complexity index is 1220. The molecule has 2 aromatic rings. The predicted molar refractivity (Wildman–Crippen MR) is 173 cm³/mol. The van der Waals surface area contributed by atoms with Gasteiger partial charge in [0, 0.05) is 62.2 Å². The molecule has 1 saturated heterocycles. The van der Waals surface area contributed by atoms with Crippen molar-refractivity contribution in [2.24, 2.45) is 5.92 Å². The average molecular weight is 593 g/mol. The number of ether oxygens (including phenoxy) is 2. The van der Waals surface area contributed by atoms with Crippen LogP contribution in [0.3, 0.4) is 0 Å². The lowest BCUT2D eigenvalue weighted by molar-refractivity contribution is -0.122. The number of piperazine rings is 1. The van der Waals surface area contributed by atoms with E-state index in [-0.39, 0.29) is 18.1 Å². The average Bonchev–Trinajstić information content (AvgIpc) is 2.96. The molecule has 1 heterocycles. The maximum absolute atomic E-state index is 13.0. The minimum atomic E-state index is -0.486. The summed E-state index contributed by atoms with van der Waals surface area (Å²) in [5, 5.41) is 7.05. The molecule has 1 saturated carbocycles. The van der Waals surface area contributed by atoms with Gasteiger partial charge in [-0.2, -0.15) is 0 Å². The molecule has 0 aromatic heterocycles. The van der Waals surface area contributed by atoms with Gasteiger partial charge in [-0.1, -0.05) is 18.2 Å². The predicted octanol–water partition coefficient (Wildman–Crippen LogP) is 6.62. The van der Waals surface area contributed by atoms with Crippen molar-refractivity contribution in [2.45, 2.75) is 98.1 Å². The third kappa shape index (κ3) is 9.97. The number of carbonyl (C=O) groups is 2. The van der Waals surface area contributed by atoms with E-state index in [0.717, 1.165) is 56.7 Å². The van der Waals surface area contributed by atoms with Crippen molar-refractivity contribution in [1.82, 2.24) is 9.80 Å². The number of aryl methyl sites for hydroxylation is 1. The van der Waals surface area contributed by atoms with Crippen molar-refractivity contribution in [3.8, 4) is 0 Å². The van der Waals surface area contributed by atoms with Crippen molar-refractivity contribution in [2.75, 3.05) is 43.4 Å². The molecule has 43 heavy (non-hydrogen) atoms. The lowest BCUT2D eigenvalue weighted by Gasteiger charge is -2.40. The van der Waals surface area contributed by atoms with E-state index in [9.17, 15) is 9.59 Å². The number of Topliss-reactive ketones (excluding diaryl/α,β-unsaturated/α-hetero) is 1. The van der Waals surface area contributed by atoms with Crippen LogP contribution in [0.15, 0.2) is 42.5 Å². The first-order valence-electron chi connectivity index (χ1n) is 16.0. The van der Waals surface area contributed by atoms with Gasteiger partial charge in [-0.15, -0.1) is 0 Å². The maximum Gasteiger partial charge on any atom is 0.410 e. The van der Waals surface area contributed by atoms with Gasteiger partial charge in [0.1, 0.15) is 5.60 Å². The van der Waals surface area contributed by atoms with Gasteiger partial charge in [0.05, 0.1) is 13.2 Å². The zero-order valence-corrected chi connectivity index (χ0v) is 27.1. The molecule has 1 aliphatic heterocycles. The molecule has 2 N–H and O–H groups in total. The van der Waals surface area contributed by atoms with Crippen LogP contribution in [0, 0.1) is 12.8 Å². The van der Waals surface area contributed by atoms with Crippen LogP contribution in [0.25, 0.3) is 0 Å². The van der Waals surface area contributed by atoms with E-state index in [0.29, 0.717) is 38.1 Å². The molecule has 2 fully saturated rings. The summed E-state index contributed by atoms with van der Waals surface area (Å²) in [5.74, 6) is 0.423. The highest BCUT2D eigenvalue weighted by Crippen LogP contribution is 2.28. The van der Waals surface area contributed by atoms with Crippen molar-refractivity contribution >= 4 is 23.3 Å². The lowest BCUT2D eigenvalue weighted by atomic mass is 9.83. The van der Waals surface area contributed by atoms with Crippen molar-refractivity contribution in [3.05, 3.63) is 59.2 Å². The fourth-order valence-corrected chi connectivity index (χ4v) is 6.09. The number of anilines is 2. The quantitative estimate of drug-likeness (QED) is 0.303. The second-order valence-corrected chi connectivity index (χ2v) is 13.2. The minimum absolute atomic E-state index is 0.0959. The van der Waals surface area contributed by atoms with Gasteiger partial charge in [-0.3, -0.25) is 9.69 Å². The summed E-state index contributed by atoms with van der Waals surface area (Å²) in [5.41, 5.74) is 5.28. The molecule has 236 valence electrons. The SMILES string of the molecule is CCOCc1cccc(NC2CCC(C(=O)CNc3ccc(CN4CCN(C(=O)OC(C)(C)C)[C@@H](C)C4)c(C)c3)CC2)c1. The fraction of sp³-hybridized carbons (Fsp3) is 0.600. The summed E-state index contributed by atoms with van der Waals surface area (Å²) in [6, 6.07) is 15.3. The smallest absolute Gasteiger partial charge is 0.410 e. The highest BCUT2D eigenvalue weighted by Gasteiger charge is 2.31. The molecule has 2 aliphatic rings. The third-order valence-electron chi connectivity index (χ3n) is 8.50.